The molecular formula is C26H31F2N5O3. The smallest absolute Gasteiger partial charge is 0.193 e. The van der Waals surface area contributed by atoms with Crippen molar-refractivity contribution in [1.82, 2.24) is 25.0 Å². The molecule has 3 heterocycles. The third-order valence-corrected chi connectivity index (χ3v) is 7.02. The maximum atomic E-state index is 14.8. The average molecular weight is 500 g/mol. The Balaban J connectivity index is 1.26. The first kappa shape index (κ1) is 24.8. The number of halogens is 2. The second kappa shape index (κ2) is 10.2. The van der Waals surface area contributed by atoms with Crippen molar-refractivity contribution < 1.29 is 23.0 Å². The minimum absolute atomic E-state index is 0.0568. The molecule has 0 radical (unpaired) electrons. The molecule has 2 aliphatic heterocycles. The van der Waals surface area contributed by atoms with Gasteiger partial charge in [0.1, 0.15) is 42.2 Å². The van der Waals surface area contributed by atoms with Crippen molar-refractivity contribution in [2.45, 2.75) is 37.8 Å². The molecule has 0 spiro atoms. The van der Waals surface area contributed by atoms with Crippen LogP contribution in [-0.4, -0.2) is 65.3 Å². The van der Waals surface area contributed by atoms with Gasteiger partial charge in [0, 0.05) is 43.3 Å². The van der Waals surface area contributed by atoms with Crippen molar-refractivity contribution in [2.75, 3.05) is 39.4 Å². The van der Waals surface area contributed by atoms with Crippen molar-refractivity contribution in [3.63, 3.8) is 0 Å². The summed E-state index contributed by atoms with van der Waals surface area (Å²) in [6, 6.07) is 11.5. The highest BCUT2D eigenvalue weighted by Gasteiger charge is 2.45. The van der Waals surface area contributed by atoms with E-state index in [1.165, 1.54) is 35.0 Å². The van der Waals surface area contributed by atoms with Gasteiger partial charge in [-0.1, -0.05) is 18.2 Å². The van der Waals surface area contributed by atoms with Crippen LogP contribution >= 0.6 is 0 Å². The third kappa shape index (κ3) is 5.12. The van der Waals surface area contributed by atoms with Crippen molar-refractivity contribution in [3.8, 4) is 5.75 Å². The Morgan fingerprint density at radius 3 is 2.61 bits per heavy atom. The zero-order valence-corrected chi connectivity index (χ0v) is 20.5. The summed E-state index contributed by atoms with van der Waals surface area (Å²) in [6.07, 6.45) is 2.16. The van der Waals surface area contributed by atoms with Crippen LogP contribution in [0.3, 0.4) is 0 Å². The molecule has 192 valence electrons. The summed E-state index contributed by atoms with van der Waals surface area (Å²) >= 11 is 0. The Morgan fingerprint density at radius 2 is 1.92 bits per heavy atom. The normalized spacial score (nSPS) is 23.2. The van der Waals surface area contributed by atoms with Gasteiger partial charge in [0.2, 0.25) is 0 Å². The number of ether oxygens (including phenoxy) is 3. The molecule has 2 unspecified atom stereocenters. The lowest BCUT2D eigenvalue weighted by Crippen LogP contribution is -2.51. The predicted molar refractivity (Wildman–Crippen MR) is 128 cm³/mol. The van der Waals surface area contributed by atoms with Gasteiger partial charge in [-0.15, -0.1) is 0 Å². The monoisotopic (exact) mass is 499 g/mol. The number of rotatable bonds is 8. The summed E-state index contributed by atoms with van der Waals surface area (Å²) in [7, 11) is 0. The van der Waals surface area contributed by atoms with Crippen molar-refractivity contribution in [2.24, 2.45) is 0 Å². The molecule has 36 heavy (non-hydrogen) atoms. The van der Waals surface area contributed by atoms with E-state index < -0.39 is 23.5 Å². The van der Waals surface area contributed by atoms with Gasteiger partial charge in [0.05, 0.1) is 13.2 Å². The van der Waals surface area contributed by atoms with E-state index in [2.05, 4.69) is 46.3 Å². The molecular weight excluding hydrogens is 468 g/mol. The summed E-state index contributed by atoms with van der Waals surface area (Å²) in [5.41, 5.74) is 0.125. The van der Waals surface area contributed by atoms with E-state index in [4.69, 9.17) is 14.2 Å². The van der Waals surface area contributed by atoms with Gasteiger partial charge in [-0.2, -0.15) is 5.10 Å². The van der Waals surface area contributed by atoms with Crippen molar-refractivity contribution >= 4 is 0 Å². The fourth-order valence-corrected chi connectivity index (χ4v) is 4.90. The first-order chi connectivity index (χ1) is 17.4. The number of aromatic nitrogens is 3. The summed E-state index contributed by atoms with van der Waals surface area (Å²) < 4.78 is 47.9. The Kier molecular flexibility index (Phi) is 7.03. The van der Waals surface area contributed by atoms with Gasteiger partial charge in [-0.05, 0) is 37.6 Å². The minimum atomic E-state index is -1.20. The number of hydrogen-bond acceptors (Lipinski definition) is 7. The van der Waals surface area contributed by atoms with Gasteiger partial charge < -0.3 is 19.5 Å². The standard InChI is InChI=1S/C26H31F2N5O3/c1-25(2,32-11-9-29-10-12-32)19-3-6-21(7-4-19)34-14-24-35-16-26(36-24,15-33-18-30-17-31-33)22-8-5-20(27)13-23(22)28/h3-8,13,17-18,24,29H,9-12,14-16H2,1-2H3. The Bertz CT molecular complexity index is 1150. The molecule has 0 amide bonds. The topological polar surface area (TPSA) is 73.7 Å². The van der Waals surface area contributed by atoms with Crippen molar-refractivity contribution in [1.29, 1.82) is 0 Å². The fraction of sp³-hybridized carbons (Fsp3) is 0.462. The molecule has 0 bridgehead atoms. The highest BCUT2D eigenvalue weighted by Crippen LogP contribution is 2.37. The van der Waals surface area contributed by atoms with E-state index in [-0.39, 0.29) is 30.9 Å². The summed E-state index contributed by atoms with van der Waals surface area (Å²) in [6.45, 7) is 8.79. The molecule has 1 N–H and O–H groups in total. The molecule has 8 nitrogen and oxygen atoms in total. The predicted octanol–water partition coefficient (Wildman–Crippen LogP) is 3.04. The van der Waals surface area contributed by atoms with Crippen LogP contribution in [0.5, 0.6) is 5.75 Å². The van der Waals surface area contributed by atoms with Crippen LogP contribution in [0.15, 0.2) is 55.1 Å². The maximum Gasteiger partial charge on any atom is 0.193 e. The van der Waals surface area contributed by atoms with E-state index in [0.29, 0.717) is 5.75 Å². The number of nitrogens with zero attached hydrogens (tertiary/aromatic N) is 4. The van der Waals surface area contributed by atoms with Crippen LogP contribution in [0.4, 0.5) is 8.78 Å². The van der Waals surface area contributed by atoms with E-state index in [0.717, 1.165) is 32.2 Å². The summed E-state index contributed by atoms with van der Waals surface area (Å²) in [5.74, 6) is -0.679. The van der Waals surface area contributed by atoms with E-state index >= 15 is 0 Å². The molecule has 2 saturated heterocycles. The van der Waals surface area contributed by atoms with Crippen LogP contribution in [-0.2, 0) is 27.2 Å². The Morgan fingerprint density at radius 1 is 1.14 bits per heavy atom. The van der Waals surface area contributed by atoms with E-state index in [9.17, 15) is 8.78 Å². The SMILES string of the molecule is CC(C)(c1ccc(OCC2OCC(Cn3cncn3)(c3ccc(F)cc3F)O2)cc1)N1CCNCC1. The fourth-order valence-electron chi connectivity index (χ4n) is 4.90. The van der Waals surface area contributed by atoms with Gasteiger partial charge in [0.15, 0.2) is 6.29 Å². The van der Waals surface area contributed by atoms with Crippen LogP contribution in [0.1, 0.15) is 25.0 Å². The zero-order chi connectivity index (χ0) is 25.2. The lowest BCUT2D eigenvalue weighted by Gasteiger charge is -2.41. The summed E-state index contributed by atoms with van der Waals surface area (Å²) in [5, 5.41) is 7.51. The van der Waals surface area contributed by atoms with Crippen LogP contribution < -0.4 is 10.1 Å². The number of nitrogens with one attached hydrogen (secondary N) is 1. The first-order valence-electron chi connectivity index (χ1n) is 12.1. The maximum absolute atomic E-state index is 14.8. The van der Waals surface area contributed by atoms with Crippen molar-refractivity contribution in [3.05, 3.63) is 77.9 Å². The molecule has 0 saturated carbocycles. The second-order valence-electron chi connectivity index (χ2n) is 9.70. The number of benzene rings is 2. The number of hydrogen-bond donors (Lipinski definition) is 1. The van der Waals surface area contributed by atoms with Gasteiger partial charge in [0.25, 0.3) is 0 Å². The molecule has 10 heteroatoms. The largest absolute Gasteiger partial charge is 0.488 e. The first-order valence-corrected chi connectivity index (χ1v) is 12.1. The lowest BCUT2D eigenvalue weighted by molar-refractivity contribution is -0.117. The quantitative estimate of drug-likeness (QED) is 0.511. The van der Waals surface area contributed by atoms with E-state index in [1.807, 2.05) is 12.1 Å². The summed E-state index contributed by atoms with van der Waals surface area (Å²) in [4.78, 5) is 6.42. The molecule has 0 aliphatic carbocycles. The highest BCUT2D eigenvalue weighted by molar-refractivity contribution is 5.31. The molecule has 5 rings (SSSR count). The average Bonchev–Trinajstić information content (AvgIpc) is 3.54. The van der Waals surface area contributed by atoms with Gasteiger partial charge in [-0.3, -0.25) is 4.90 Å². The molecule has 1 aromatic heterocycles. The third-order valence-electron chi connectivity index (χ3n) is 7.02. The minimum Gasteiger partial charge on any atom is -0.488 e. The van der Waals surface area contributed by atoms with Crippen LogP contribution in [0.2, 0.25) is 0 Å². The Hall–Kier alpha value is -2.92. The molecule has 2 fully saturated rings. The molecule has 2 atom stereocenters. The molecule has 3 aromatic rings. The second-order valence-corrected chi connectivity index (χ2v) is 9.70. The van der Waals surface area contributed by atoms with Crippen LogP contribution in [0, 0.1) is 11.6 Å². The zero-order valence-electron chi connectivity index (χ0n) is 20.5. The number of piperazine rings is 1. The van der Waals surface area contributed by atoms with Gasteiger partial charge >= 0.3 is 0 Å². The highest BCUT2D eigenvalue weighted by atomic mass is 19.1. The Labute approximate surface area is 209 Å². The van der Waals surface area contributed by atoms with E-state index in [1.54, 1.807) is 0 Å². The van der Waals surface area contributed by atoms with Crippen LogP contribution in [0.25, 0.3) is 0 Å². The molecule has 2 aromatic carbocycles. The van der Waals surface area contributed by atoms with Gasteiger partial charge in [-0.25, -0.2) is 18.4 Å². The lowest BCUT2D eigenvalue weighted by atomic mass is 9.91. The molecule has 2 aliphatic rings.